The molecule has 0 aliphatic heterocycles. The number of nitrogen functional groups attached to an aromatic ring is 1. The molecule has 0 saturated heterocycles. The molecule has 0 aliphatic carbocycles. The van der Waals surface area contributed by atoms with Crippen LogP contribution in [0.15, 0.2) is 30.5 Å². The lowest BCUT2D eigenvalue weighted by atomic mass is 10.0. The lowest BCUT2D eigenvalue weighted by Crippen LogP contribution is -2.06. The van der Waals surface area contributed by atoms with Gasteiger partial charge in [0.1, 0.15) is 0 Å². The summed E-state index contributed by atoms with van der Waals surface area (Å²) in [6.07, 6.45) is 1.75. The van der Waals surface area contributed by atoms with E-state index in [4.69, 9.17) is 10.5 Å². The number of carbonyl (C=O) groups excluding carboxylic acids is 2. The SMILES string of the molecule is COC(=O)c1ccc(-c2c(C(=O)OC)ccn2C)c(N)c1. The van der Waals surface area contributed by atoms with Crippen LogP contribution in [0.3, 0.4) is 0 Å². The Morgan fingerprint density at radius 3 is 2.33 bits per heavy atom. The fourth-order valence-electron chi connectivity index (χ4n) is 2.16. The number of benzene rings is 1. The minimum atomic E-state index is -0.465. The summed E-state index contributed by atoms with van der Waals surface area (Å²) in [5.74, 6) is -0.907. The Balaban J connectivity index is 2.55. The Kier molecular flexibility index (Phi) is 3.98. The van der Waals surface area contributed by atoms with Crippen molar-refractivity contribution in [1.29, 1.82) is 0 Å². The molecule has 0 radical (unpaired) electrons. The number of nitrogens with two attached hydrogens (primary N) is 1. The number of anilines is 1. The summed E-state index contributed by atoms with van der Waals surface area (Å²) in [6, 6.07) is 6.47. The maximum Gasteiger partial charge on any atom is 0.340 e. The van der Waals surface area contributed by atoms with Crippen LogP contribution in [-0.4, -0.2) is 30.7 Å². The third kappa shape index (κ3) is 2.60. The number of ether oxygens (including phenoxy) is 2. The van der Waals surface area contributed by atoms with Crippen molar-refractivity contribution >= 4 is 17.6 Å². The molecule has 0 atom stereocenters. The molecule has 6 heteroatoms. The summed E-state index contributed by atoms with van der Waals surface area (Å²) >= 11 is 0. The third-order valence-corrected chi connectivity index (χ3v) is 3.21. The van der Waals surface area contributed by atoms with Crippen LogP contribution in [-0.2, 0) is 16.5 Å². The lowest BCUT2D eigenvalue weighted by Gasteiger charge is -2.11. The predicted octanol–water partition coefficient (Wildman–Crippen LogP) is 1.85. The average Bonchev–Trinajstić information content (AvgIpc) is 2.87. The van der Waals surface area contributed by atoms with Gasteiger partial charge in [0, 0.05) is 24.5 Å². The number of aromatic nitrogens is 1. The van der Waals surface area contributed by atoms with E-state index >= 15 is 0 Å². The highest BCUT2D eigenvalue weighted by atomic mass is 16.5. The van der Waals surface area contributed by atoms with Crippen LogP contribution < -0.4 is 5.73 Å². The molecular weight excluding hydrogens is 272 g/mol. The van der Waals surface area contributed by atoms with Crippen LogP contribution in [0.5, 0.6) is 0 Å². The molecule has 1 heterocycles. The molecule has 0 fully saturated rings. The van der Waals surface area contributed by atoms with Crippen molar-refractivity contribution in [2.45, 2.75) is 0 Å². The van der Waals surface area contributed by atoms with Gasteiger partial charge in [-0.1, -0.05) is 0 Å². The Morgan fingerprint density at radius 2 is 1.76 bits per heavy atom. The zero-order valence-electron chi connectivity index (χ0n) is 12.0. The summed E-state index contributed by atoms with van der Waals surface area (Å²) < 4.78 is 11.2. The largest absolute Gasteiger partial charge is 0.465 e. The van der Waals surface area contributed by atoms with E-state index < -0.39 is 11.9 Å². The van der Waals surface area contributed by atoms with Gasteiger partial charge >= 0.3 is 11.9 Å². The highest BCUT2D eigenvalue weighted by Gasteiger charge is 2.19. The van der Waals surface area contributed by atoms with Crippen LogP contribution in [0, 0.1) is 0 Å². The monoisotopic (exact) mass is 288 g/mol. The first-order chi connectivity index (χ1) is 9.99. The summed E-state index contributed by atoms with van der Waals surface area (Å²) in [5, 5.41) is 0. The fraction of sp³-hybridized carbons (Fsp3) is 0.200. The molecule has 0 spiro atoms. The standard InChI is InChI=1S/C15H16N2O4/c1-17-7-6-11(15(19)21-3)13(17)10-5-4-9(8-12(10)16)14(18)20-2/h4-8H,16H2,1-3H3. The Labute approximate surface area is 122 Å². The molecule has 0 unspecified atom stereocenters. The summed E-state index contributed by atoms with van der Waals surface area (Å²) in [4.78, 5) is 23.3. The molecule has 110 valence electrons. The van der Waals surface area contributed by atoms with E-state index in [2.05, 4.69) is 4.74 Å². The topological polar surface area (TPSA) is 83.6 Å². The normalized spacial score (nSPS) is 10.2. The van der Waals surface area contributed by atoms with Gasteiger partial charge in [0.05, 0.1) is 31.0 Å². The molecule has 2 aromatic rings. The van der Waals surface area contributed by atoms with Crippen molar-refractivity contribution < 1.29 is 19.1 Å². The van der Waals surface area contributed by atoms with Gasteiger partial charge in [0.2, 0.25) is 0 Å². The van der Waals surface area contributed by atoms with E-state index in [0.29, 0.717) is 28.1 Å². The second-order valence-corrected chi connectivity index (χ2v) is 4.47. The van der Waals surface area contributed by atoms with E-state index in [0.717, 1.165) is 0 Å². The Hall–Kier alpha value is -2.76. The van der Waals surface area contributed by atoms with Crippen molar-refractivity contribution in [3.05, 3.63) is 41.6 Å². The summed E-state index contributed by atoms with van der Waals surface area (Å²) in [7, 11) is 4.43. The van der Waals surface area contributed by atoms with Crippen LogP contribution in [0.4, 0.5) is 5.69 Å². The molecule has 21 heavy (non-hydrogen) atoms. The van der Waals surface area contributed by atoms with Crippen LogP contribution in [0.2, 0.25) is 0 Å². The van der Waals surface area contributed by atoms with E-state index in [1.54, 1.807) is 36.0 Å². The Bertz CT molecular complexity index is 704. The van der Waals surface area contributed by atoms with Crippen LogP contribution in [0.25, 0.3) is 11.3 Å². The van der Waals surface area contributed by atoms with Gasteiger partial charge < -0.3 is 19.8 Å². The van der Waals surface area contributed by atoms with E-state index in [9.17, 15) is 9.59 Å². The summed E-state index contributed by atoms with van der Waals surface area (Å²) in [5.41, 5.74) is 8.44. The van der Waals surface area contributed by atoms with Crippen molar-refractivity contribution in [1.82, 2.24) is 4.57 Å². The van der Waals surface area contributed by atoms with Crippen molar-refractivity contribution in [3.63, 3.8) is 0 Å². The number of rotatable bonds is 3. The number of esters is 2. The van der Waals surface area contributed by atoms with Gasteiger partial charge in [-0.15, -0.1) is 0 Å². The maximum absolute atomic E-state index is 11.8. The van der Waals surface area contributed by atoms with Gasteiger partial charge in [-0.2, -0.15) is 0 Å². The number of hydrogen-bond acceptors (Lipinski definition) is 5. The highest BCUT2D eigenvalue weighted by Crippen LogP contribution is 2.30. The number of hydrogen-bond donors (Lipinski definition) is 1. The third-order valence-electron chi connectivity index (χ3n) is 3.21. The van der Waals surface area contributed by atoms with Gasteiger partial charge in [-0.3, -0.25) is 0 Å². The van der Waals surface area contributed by atoms with Crippen molar-refractivity contribution in [2.24, 2.45) is 7.05 Å². The molecule has 0 aliphatic rings. The smallest absolute Gasteiger partial charge is 0.340 e. The predicted molar refractivity (Wildman–Crippen MR) is 77.9 cm³/mol. The summed E-state index contributed by atoms with van der Waals surface area (Å²) in [6.45, 7) is 0. The van der Waals surface area contributed by atoms with E-state index in [-0.39, 0.29) is 0 Å². The van der Waals surface area contributed by atoms with E-state index in [1.807, 2.05) is 0 Å². The second-order valence-electron chi connectivity index (χ2n) is 4.47. The van der Waals surface area contributed by atoms with Gasteiger partial charge in [0.15, 0.2) is 0 Å². The zero-order chi connectivity index (χ0) is 15.6. The van der Waals surface area contributed by atoms with Crippen LogP contribution >= 0.6 is 0 Å². The minimum Gasteiger partial charge on any atom is -0.465 e. The first kappa shape index (κ1) is 14.6. The number of methoxy groups -OCH3 is 2. The molecular formula is C15H16N2O4. The Morgan fingerprint density at radius 1 is 1.10 bits per heavy atom. The first-order valence-corrected chi connectivity index (χ1v) is 6.21. The fourth-order valence-corrected chi connectivity index (χ4v) is 2.16. The molecule has 0 amide bonds. The second kappa shape index (κ2) is 5.70. The first-order valence-electron chi connectivity index (χ1n) is 6.21. The lowest BCUT2D eigenvalue weighted by molar-refractivity contribution is 0.0592. The van der Waals surface area contributed by atoms with Gasteiger partial charge in [0.25, 0.3) is 0 Å². The minimum absolute atomic E-state index is 0.354. The molecule has 2 N–H and O–H groups in total. The molecule has 1 aromatic heterocycles. The highest BCUT2D eigenvalue weighted by molar-refractivity contribution is 5.99. The van der Waals surface area contributed by atoms with Crippen molar-refractivity contribution in [3.8, 4) is 11.3 Å². The van der Waals surface area contributed by atoms with Crippen LogP contribution in [0.1, 0.15) is 20.7 Å². The van der Waals surface area contributed by atoms with E-state index in [1.165, 1.54) is 20.3 Å². The van der Waals surface area contributed by atoms with Gasteiger partial charge in [-0.05, 0) is 24.3 Å². The number of aryl methyl sites for hydroxylation is 1. The number of carbonyl (C=O) groups is 2. The molecule has 2 rings (SSSR count). The maximum atomic E-state index is 11.8. The molecule has 6 nitrogen and oxygen atoms in total. The zero-order valence-corrected chi connectivity index (χ0v) is 12.0. The molecule has 0 saturated carbocycles. The average molecular weight is 288 g/mol. The van der Waals surface area contributed by atoms with Gasteiger partial charge in [-0.25, -0.2) is 9.59 Å². The van der Waals surface area contributed by atoms with Crippen molar-refractivity contribution in [2.75, 3.05) is 20.0 Å². The molecule has 1 aromatic carbocycles. The quantitative estimate of drug-likeness (QED) is 0.688. The number of nitrogens with zero attached hydrogens (tertiary/aromatic N) is 1. The molecule has 0 bridgehead atoms.